The van der Waals surface area contributed by atoms with E-state index in [0.717, 1.165) is 16.7 Å². The molecule has 0 aliphatic carbocycles. The van der Waals surface area contributed by atoms with E-state index in [1.54, 1.807) is 31.3 Å². The SMILES string of the molecule is CNC(=O)c1cc(Oc2ccc(CNC(=O)Nc3cc(C)c(Cl)cc3OC)cc2C)ccn1. The van der Waals surface area contributed by atoms with Crippen LogP contribution >= 0.6 is 11.6 Å². The first kappa shape index (κ1) is 23.9. The van der Waals surface area contributed by atoms with Crippen molar-refractivity contribution in [3.8, 4) is 17.2 Å². The van der Waals surface area contributed by atoms with Gasteiger partial charge in [-0.25, -0.2) is 4.79 Å². The number of hydrogen-bond acceptors (Lipinski definition) is 5. The fourth-order valence-corrected chi connectivity index (χ4v) is 3.22. The molecule has 2 aromatic carbocycles. The van der Waals surface area contributed by atoms with Crippen molar-refractivity contribution in [3.05, 3.63) is 76.1 Å². The number of amides is 3. The number of ether oxygens (including phenoxy) is 2. The lowest BCUT2D eigenvalue weighted by Gasteiger charge is -2.14. The molecule has 0 saturated carbocycles. The van der Waals surface area contributed by atoms with Crippen LogP contribution in [0.2, 0.25) is 5.02 Å². The quantitative estimate of drug-likeness (QED) is 0.460. The lowest BCUT2D eigenvalue weighted by Crippen LogP contribution is -2.28. The molecule has 0 radical (unpaired) electrons. The monoisotopic (exact) mass is 468 g/mol. The number of rotatable bonds is 7. The Bertz CT molecular complexity index is 1180. The maximum absolute atomic E-state index is 12.4. The third-order valence-corrected chi connectivity index (χ3v) is 5.25. The number of nitrogens with one attached hydrogen (secondary N) is 3. The Labute approximate surface area is 197 Å². The fourth-order valence-electron chi connectivity index (χ4n) is 3.07. The number of benzene rings is 2. The molecule has 8 nitrogen and oxygen atoms in total. The zero-order chi connectivity index (χ0) is 24.0. The number of anilines is 1. The molecule has 3 rings (SSSR count). The highest BCUT2D eigenvalue weighted by Gasteiger charge is 2.11. The zero-order valence-corrected chi connectivity index (χ0v) is 19.5. The van der Waals surface area contributed by atoms with Gasteiger partial charge in [-0.3, -0.25) is 9.78 Å². The van der Waals surface area contributed by atoms with Crippen LogP contribution in [0.3, 0.4) is 0 Å². The van der Waals surface area contributed by atoms with Crippen LogP contribution in [0.25, 0.3) is 0 Å². The van der Waals surface area contributed by atoms with Gasteiger partial charge in [0.15, 0.2) is 0 Å². The van der Waals surface area contributed by atoms with Crippen molar-refractivity contribution >= 4 is 29.2 Å². The third kappa shape index (κ3) is 6.14. The van der Waals surface area contributed by atoms with Crippen molar-refractivity contribution in [1.82, 2.24) is 15.6 Å². The second-order valence-electron chi connectivity index (χ2n) is 7.27. The van der Waals surface area contributed by atoms with Gasteiger partial charge in [0.1, 0.15) is 22.9 Å². The maximum atomic E-state index is 12.4. The van der Waals surface area contributed by atoms with Gasteiger partial charge >= 0.3 is 6.03 Å². The molecule has 1 heterocycles. The summed E-state index contributed by atoms with van der Waals surface area (Å²) in [5, 5.41) is 8.70. The number of carbonyl (C=O) groups is 2. The van der Waals surface area contributed by atoms with E-state index in [1.165, 1.54) is 13.3 Å². The predicted molar refractivity (Wildman–Crippen MR) is 127 cm³/mol. The van der Waals surface area contributed by atoms with Gasteiger partial charge in [0.2, 0.25) is 0 Å². The van der Waals surface area contributed by atoms with E-state index in [-0.39, 0.29) is 17.6 Å². The summed E-state index contributed by atoms with van der Waals surface area (Å²) >= 11 is 6.11. The van der Waals surface area contributed by atoms with Gasteiger partial charge in [-0.1, -0.05) is 23.7 Å². The molecule has 0 aliphatic heterocycles. The summed E-state index contributed by atoms with van der Waals surface area (Å²) in [5.74, 6) is 1.33. The summed E-state index contributed by atoms with van der Waals surface area (Å²) in [6.45, 7) is 4.07. The molecule has 9 heteroatoms. The summed E-state index contributed by atoms with van der Waals surface area (Å²) in [6.07, 6.45) is 1.52. The van der Waals surface area contributed by atoms with Crippen molar-refractivity contribution in [2.75, 3.05) is 19.5 Å². The lowest BCUT2D eigenvalue weighted by molar-refractivity contribution is 0.0958. The molecule has 0 bridgehead atoms. The average molecular weight is 469 g/mol. The topological polar surface area (TPSA) is 102 Å². The Balaban J connectivity index is 1.62. The Hall–Kier alpha value is -3.78. The van der Waals surface area contributed by atoms with Crippen molar-refractivity contribution in [3.63, 3.8) is 0 Å². The molecule has 3 amide bonds. The van der Waals surface area contributed by atoms with E-state index in [2.05, 4.69) is 20.9 Å². The Morgan fingerprint density at radius 3 is 2.52 bits per heavy atom. The second kappa shape index (κ2) is 10.7. The lowest BCUT2D eigenvalue weighted by atomic mass is 10.1. The number of aryl methyl sites for hydroxylation is 2. The summed E-state index contributed by atoms with van der Waals surface area (Å²) in [4.78, 5) is 28.2. The second-order valence-corrected chi connectivity index (χ2v) is 7.67. The van der Waals surface area contributed by atoms with Crippen molar-refractivity contribution in [2.24, 2.45) is 0 Å². The van der Waals surface area contributed by atoms with Crippen LogP contribution in [-0.4, -0.2) is 31.1 Å². The van der Waals surface area contributed by atoms with Gasteiger partial charge in [-0.2, -0.15) is 0 Å². The van der Waals surface area contributed by atoms with E-state index in [9.17, 15) is 9.59 Å². The summed E-state index contributed by atoms with van der Waals surface area (Å²) < 4.78 is 11.2. The van der Waals surface area contributed by atoms with Gasteiger partial charge in [0, 0.05) is 36.9 Å². The zero-order valence-electron chi connectivity index (χ0n) is 18.8. The van der Waals surface area contributed by atoms with Gasteiger partial charge in [0.25, 0.3) is 5.91 Å². The summed E-state index contributed by atoms with van der Waals surface area (Å²) in [7, 11) is 3.06. The highest BCUT2D eigenvalue weighted by Crippen LogP contribution is 2.31. The van der Waals surface area contributed by atoms with Crippen LogP contribution in [0.15, 0.2) is 48.7 Å². The van der Waals surface area contributed by atoms with Crippen LogP contribution in [0, 0.1) is 13.8 Å². The molecule has 33 heavy (non-hydrogen) atoms. The molecular formula is C24H25ClN4O4. The van der Waals surface area contributed by atoms with Gasteiger partial charge in [0.05, 0.1) is 12.8 Å². The summed E-state index contributed by atoms with van der Waals surface area (Å²) in [5.41, 5.74) is 3.41. The number of urea groups is 1. The normalized spacial score (nSPS) is 10.3. The first-order chi connectivity index (χ1) is 15.8. The number of aromatic nitrogens is 1. The minimum absolute atomic E-state index is 0.270. The number of nitrogens with zero attached hydrogens (tertiary/aromatic N) is 1. The average Bonchev–Trinajstić information content (AvgIpc) is 2.81. The minimum Gasteiger partial charge on any atom is -0.495 e. The van der Waals surface area contributed by atoms with Crippen LogP contribution in [0.5, 0.6) is 17.2 Å². The van der Waals surface area contributed by atoms with Crippen molar-refractivity contribution < 1.29 is 19.1 Å². The molecule has 3 aromatic rings. The Morgan fingerprint density at radius 2 is 1.82 bits per heavy atom. The first-order valence-corrected chi connectivity index (χ1v) is 10.5. The fraction of sp³-hybridized carbons (Fsp3) is 0.208. The van der Waals surface area contributed by atoms with Crippen LogP contribution in [-0.2, 0) is 6.54 Å². The van der Waals surface area contributed by atoms with Gasteiger partial charge in [-0.05, 0) is 48.7 Å². The molecule has 3 N–H and O–H groups in total. The highest BCUT2D eigenvalue weighted by atomic mass is 35.5. The largest absolute Gasteiger partial charge is 0.495 e. The molecule has 0 spiro atoms. The molecule has 0 fully saturated rings. The molecule has 0 aliphatic rings. The number of methoxy groups -OCH3 is 1. The maximum Gasteiger partial charge on any atom is 0.319 e. The molecule has 0 saturated heterocycles. The van der Waals surface area contributed by atoms with Crippen LogP contribution < -0.4 is 25.4 Å². The third-order valence-electron chi connectivity index (χ3n) is 4.84. The molecule has 0 atom stereocenters. The first-order valence-electron chi connectivity index (χ1n) is 10.1. The van der Waals surface area contributed by atoms with Crippen molar-refractivity contribution in [2.45, 2.75) is 20.4 Å². The van der Waals surface area contributed by atoms with Gasteiger partial charge in [-0.15, -0.1) is 0 Å². The van der Waals surface area contributed by atoms with E-state index in [4.69, 9.17) is 21.1 Å². The van der Waals surface area contributed by atoms with Crippen LogP contribution in [0.1, 0.15) is 27.2 Å². The molecule has 0 unspecified atom stereocenters. The van der Waals surface area contributed by atoms with Crippen molar-refractivity contribution in [1.29, 1.82) is 0 Å². The predicted octanol–water partition coefficient (Wildman–Crippen LogP) is 4.83. The van der Waals surface area contributed by atoms with Crippen LogP contribution in [0.4, 0.5) is 10.5 Å². The highest BCUT2D eigenvalue weighted by molar-refractivity contribution is 6.31. The van der Waals surface area contributed by atoms with E-state index >= 15 is 0 Å². The number of halogens is 1. The number of carbonyl (C=O) groups excluding carboxylic acids is 2. The molecular weight excluding hydrogens is 444 g/mol. The number of pyridine rings is 1. The van der Waals surface area contributed by atoms with E-state index in [0.29, 0.717) is 34.5 Å². The minimum atomic E-state index is -0.369. The Kier molecular flexibility index (Phi) is 7.74. The standard InChI is InChI=1S/C24H25ClN4O4/c1-14-10-19(22(32-4)12-18(14)25)29-24(31)28-13-16-5-6-21(15(2)9-16)33-17-7-8-27-20(11-17)23(30)26-3/h5-12H,13H2,1-4H3,(H,26,30)(H2,28,29,31). The molecule has 1 aromatic heterocycles. The number of hydrogen-bond donors (Lipinski definition) is 3. The van der Waals surface area contributed by atoms with E-state index < -0.39 is 0 Å². The Morgan fingerprint density at radius 1 is 1.03 bits per heavy atom. The van der Waals surface area contributed by atoms with E-state index in [1.807, 2.05) is 32.0 Å². The smallest absolute Gasteiger partial charge is 0.319 e. The summed E-state index contributed by atoms with van der Waals surface area (Å²) in [6, 6.07) is 11.9. The molecule has 172 valence electrons. The van der Waals surface area contributed by atoms with Gasteiger partial charge < -0.3 is 25.4 Å².